The van der Waals surface area contributed by atoms with Crippen LogP contribution >= 0.6 is 0 Å². The zero-order valence-corrected chi connectivity index (χ0v) is 10.8. The maximum Gasteiger partial charge on any atom is 0.354 e. The Bertz CT molecular complexity index is 600. The molecule has 4 nitrogen and oxygen atoms in total. The summed E-state index contributed by atoms with van der Waals surface area (Å²) in [6.45, 7) is 5.60. The molecule has 1 N–H and O–H groups in total. The minimum absolute atomic E-state index is 0.244. The Morgan fingerprint density at radius 1 is 1.33 bits per heavy atom. The van der Waals surface area contributed by atoms with E-state index in [2.05, 4.69) is 11.9 Å². The summed E-state index contributed by atoms with van der Waals surface area (Å²) in [5.74, 6) is -0.246. The quantitative estimate of drug-likeness (QED) is 0.903. The molecule has 0 fully saturated rings. The molecule has 2 aromatic rings. The first kappa shape index (κ1) is 12.4. The number of imidazole rings is 1. The van der Waals surface area contributed by atoms with Crippen LogP contribution in [0.15, 0.2) is 24.3 Å². The Kier molecular flexibility index (Phi) is 3.19. The van der Waals surface area contributed by atoms with E-state index in [-0.39, 0.29) is 5.69 Å². The van der Waals surface area contributed by atoms with E-state index in [4.69, 9.17) is 0 Å². The maximum atomic E-state index is 11.4. The van der Waals surface area contributed by atoms with Crippen LogP contribution in [0.4, 0.5) is 0 Å². The molecule has 0 saturated heterocycles. The first-order valence-corrected chi connectivity index (χ1v) is 5.93. The van der Waals surface area contributed by atoms with Crippen molar-refractivity contribution < 1.29 is 9.90 Å². The number of aromatic nitrogens is 2. The monoisotopic (exact) mass is 244 g/mol. The van der Waals surface area contributed by atoms with Crippen LogP contribution in [-0.4, -0.2) is 20.6 Å². The number of rotatable bonds is 3. The lowest BCUT2D eigenvalue weighted by atomic mass is 10.1. The van der Waals surface area contributed by atoms with E-state index in [0.29, 0.717) is 11.5 Å². The largest absolute Gasteiger partial charge is 0.477 e. The Morgan fingerprint density at radius 2 is 2.00 bits per heavy atom. The highest BCUT2D eigenvalue weighted by Gasteiger charge is 2.20. The summed E-state index contributed by atoms with van der Waals surface area (Å²) in [7, 11) is 0. The lowest BCUT2D eigenvalue weighted by Gasteiger charge is -2.12. The van der Waals surface area contributed by atoms with Crippen LogP contribution in [0.25, 0.3) is 5.69 Å². The summed E-state index contributed by atoms with van der Waals surface area (Å²) in [4.78, 5) is 15.6. The van der Waals surface area contributed by atoms with Crippen LogP contribution in [0, 0.1) is 13.8 Å². The molecule has 0 atom stereocenters. The second kappa shape index (κ2) is 4.64. The third kappa shape index (κ3) is 1.90. The highest BCUT2D eigenvalue weighted by molar-refractivity contribution is 5.88. The number of benzene rings is 1. The Hall–Kier alpha value is -2.10. The molecule has 0 aliphatic rings. The summed E-state index contributed by atoms with van der Waals surface area (Å²) in [6, 6.07) is 7.81. The third-order valence-electron chi connectivity index (χ3n) is 3.04. The van der Waals surface area contributed by atoms with Gasteiger partial charge >= 0.3 is 5.97 Å². The van der Waals surface area contributed by atoms with Crippen molar-refractivity contribution in [2.75, 3.05) is 0 Å². The lowest BCUT2D eigenvalue weighted by Crippen LogP contribution is -2.10. The predicted molar refractivity (Wildman–Crippen MR) is 69.4 cm³/mol. The minimum Gasteiger partial charge on any atom is -0.477 e. The van der Waals surface area contributed by atoms with Gasteiger partial charge in [0.05, 0.1) is 11.4 Å². The van der Waals surface area contributed by atoms with Crippen molar-refractivity contribution in [3.05, 3.63) is 47.0 Å². The molecule has 0 radical (unpaired) electrons. The van der Waals surface area contributed by atoms with E-state index in [1.807, 2.05) is 31.2 Å². The first-order valence-electron chi connectivity index (χ1n) is 5.93. The number of carboxylic acid groups (broad SMARTS) is 1. The van der Waals surface area contributed by atoms with Gasteiger partial charge in [-0.05, 0) is 31.9 Å². The molecule has 0 bridgehead atoms. The highest BCUT2D eigenvalue weighted by atomic mass is 16.4. The summed E-state index contributed by atoms with van der Waals surface area (Å²) in [6.07, 6.45) is 0.853. The Morgan fingerprint density at radius 3 is 2.61 bits per heavy atom. The standard InChI is InChI=1S/C14H16N2O2/c1-4-11-7-5-6-8-12(11)16-10(3)15-9(2)13(16)14(17)18/h5-8H,4H2,1-3H3,(H,17,18). The van der Waals surface area contributed by atoms with E-state index in [1.165, 1.54) is 0 Å². The van der Waals surface area contributed by atoms with Crippen molar-refractivity contribution in [1.82, 2.24) is 9.55 Å². The van der Waals surface area contributed by atoms with Gasteiger partial charge in [0.1, 0.15) is 5.82 Å². The van der Waals surface area contributed by atoms with Crippen molar-refractivity contribution >= 4 is 5.97 Å². The minimum atomic E-state index is -0.945. The maximum absolute atomic E-state index is 11.4. The molecule has 18 heavy (non-hydrogen) atoms. The number of hydrogen-bond donors (Lipinski definition) is 1. The van der Waals surface area contributed by atoms with Gasteiger partial charge in [-0.3, -0.25) is 4.57 Å². The van der Waals surface area contributed by atoms with Gasteiger partial charge in [-0.15, -0.1) is 0 Å². The van der Waals surface area contributed by atoms with Crippen molar-refractivity contribution in [3.8, 4) is 5.69 Å². The fraction of sp³-hybridized carbons (Fsp3) is 0.286. The molecule has 0 amide bonds. The molecule has 2 rings (SSSR count). The number of carbonyl (C=O) groups is 1. The van der Waals surface area contributed by atoms with Crippen LogP contribution in [0.5, 0.6) is 0 Å². The molecule has 4 heteroatoms. The highest BCUT2D eigenvalue weighted by Crippen LogP contribution is 2.21. The third-order valence-corrected chi connectivity index (χ3v) is 3.04. The topological polar surface area (TPSA) is 55.1 Å². The fourth-order valence-electron chi connectivity index (χ4n) is 2.24. The average Bonchev–Trinajstić information content (AvgIpc) is 2.64. The van der Waals surface area contributed by atoms with E-state index < -0.39 is 5.97 Å². The van der Waals surface area contributed by atoms with Crippen LogP contribution < -0.4 is 0 Å². The molecule has 0 aliphatic heterocycles. The van der Waals surface area contributed by atoms with Crippen LogP contribution in [0.3, 0.4) is 0 Å². The fourth-order valence-corrected chi connectivity index (χ4v) is 2.24. The zero-order valence-electron chi connectivity index (χ0n) is 10.8. The van der Waals surface area contributed by atoms with Gasteiger partial charge in [-0.2, -0.15) is 0 Å². The van der Waals surface area contributed by atoms with Gasteiger partial charge in [0.2, 0.25) is 0 Å². The average molecular weight is 244 g/mol. The second-order valence-electron chi connectivity index (χ2n) is 4.22. The summed E-state index contributed by atoms with van der Waals surface area (Å²) in [5.41, 5.74) is 2.80. The van der Waals surface area contributed by atoms with E-state index in [9.17, 15) is 9.90 Å². The zero-order chi connectivity index (χ0) is 13.3. The molecule has 0 spiro atoms. The van der Waals surface area contributed by atoms with Gasteiger partial charge in [0, 0.05) is 0 Å². The van der Waals surface area contributed by atoms with Crippen LogP contribution in [-0.2, 0) is 6.42 Å². The number of hydrogen-bond acceptors (Lipinski definition) is 2. The van der Waals surface area contributed by atoms with Crippen LogP contribution in [0.1, 0.15) is 34.5 Å². The summed E-state index contributed by atoms with van der Waals surface area (Å²) >= 11 is 0. The molecule has 1 aromatic carbocycles. The summed E-state index contributed by atoms with van der Waals surface area (Å²) in [5, 5.41) is 9.32. The number of nitrogens with zero attached hydrogens (tertiary/aromatic N) is 2. The number of aromatic carboxylic acids is 1. The van der Waals surface area contributed by atoms with Crippen molar-refractivity contribution in [2.45, 2.75) is 27.2 Å². The Balaban J connectivity index is 2.74. The van der Waals surface area contributed by atoms with Gasteiger partial charge in [0.15, 0.2) is 5.69 Å². The van der Waals surface area contributed by atoms with Crippen molar-refractivity contribution in [1.29, 1.82) is 0 Å². The summed E-state index contributed by atoms with van der Waals surface area (Å²) < 4.78 is 1.72. The van der Waals surface area contributed by atoms with Gasteiger partial charge < -0.3 is 5.11 Å². The molecular weight excluding hydrogens is 228 g/mol. The molecule has 1 heterocycles. The molecular formula is C14H16N2O2. The lowest BCUT2D eigenvalue weighted by molar-refractivity contribution is 0.0687. The van der Waals surface area contributed by atoms with Crippen molar-refractivity contribution in [2.24, 2.45) is 0 Å². The normalized spacial score (nSPS) is 10.6. The number of aryl methyl sites for hydroxylation is 3. The SMILES string of the molecule is CCc1ccccc1-n1c(C)nc(C)c1C(=O)O. The van der Waals surface area contributed by atoms with Crippen LogP contribution in [0.2, 0.25) is 0 Å². The molecule has 0 saturated carbocycles. The molecule has 94 valence electrons. The van der Waals surface area contributed by atoms with Gasteiger partial charge in [-0.1, -0.05) is 25.1 Å². The van der Waals surface area contributed by atoms with Crippen molar-refractivity contribution in [3.63, 3.8) is 0 Å². The Labute approximate surface area is 106 Å². The van der Waals surface area contributed by atoms with Gasteiger partial charge in [0.25, 0.3) is 0 Å². The second-order valence-corrected chi connectivity index (χ2v) is 4.22. The predicted octanol–water partition coefficient (Wildman–Crippen LogP) is 2.75. The number of carboxylic acids is 1. The molecule has 1 aromatic heterocycles. The van der Waals surface area contributed by atoms with E-state index in [1.54, 1.807) is 11.5 Å². The first-order chi connectivity index (χ1) is 8.56. The molecule has 0 unspecified atom stereocenters. The van der Waals surface area contributed by atoms with E-state index in [0.717, 1.165) is 17.7 Å². The number of para-hydroxylation sites is 1. The molecule has 0 aliphatic carbocycles. The van der Waals surface area contributed by atoms with Gasteiger partial charge in [-0.25, -0.2) is 9.78 Å². The van der Waals surface area contributed by atoms with E-state index >= 15 is 0 Å². The smallest absolute Gasteiger partial charge is 0.354 e.